The summed E-state index contributed by atoms with van der Waals surface area (Å²) in [7, 11) is 0. The number of nitrogens with two attached hydrogens (primary N) is 1. The molecule has 7 nitrogen and oxygen atoms in total. The normalized spacial score (nSPS) is 11.9. The number of carbonyl (C=O) groups is 1. The zero-order valence-electron chi connectivity index (χ0n) is 13.7. The largest absolute Gasteiger partial charge is 0.494 e. The van der Waals surface area contributed by atoms with Crippen molar-refractivity contribution < 1.29 is 24.7 Å². The molecule has 0 aliphatic carbocycles. The van der Waals surface area contributed by atoms with Gasteiger partial charge in [0.2, 0.25) is 5.91 Å². The van der Waals surface area contributed by atoms with Crippen LogP contribution < -0.4 is 15.8 Å². The number of nitrogens with one attached hydrogen (secondary N) is 1. The molecule has 25 heavy (non-hydrogen) atoms. The fraction of sp³-hybridized carbons (Fsp3) is 0.353. The van der Waals surface area contributed by atoms with Crippen LogP contribution in [0.25, 0.3) is 0 Å². The van der Waals surface area contributed by atoms with Crippen LogP contribution in [0.15, 0.2) is 41.8 Å². The number of amides is 1. The highest BCUT2D eigenvalue weighted by Gasteiger charge is 2.14. The molecule has 8 heteroatoms. The highest BCUT2D eigenvalue weighted by atomic mass is 32.1. The fourth-order valence-corrected chi connectivity index (χ4v) is 2.85. The fourth-order valence-electron chi connectivity index (χ4n) is 2.10. The van der Waals surface area contributed by atoms with Gasteiger partial charge in [0.05, 0.1) is 6.61 Å². The third-order valence-electron chi connectivity index (χ3n) is 3.43. The molecule has 0 radical (unpaired) electrons. The minimum Gasteiger partial charge on any atom is -0.494 e. The van der Waals surface area contributed by atoms with Gasteiger partial charge in [0.1, 0.15) is 18.4 Å². The van der Waals surface area contributed by atoms with Gasteiger partial charge in [0.25, 0.3) is 0 Å². The monoisotopic (exact) mass is 366 g/mol. The van der Waals surface area contributed by atoms with Gasteiger partial charge in [-0.3, -0.25) is 4.79 Å². The number of ether oxygens (including phenoxy) is 1. The Labute approximate surface area is 150 Å². The predicted molar refractivity (Wildman–Crippen MR) is 95.5 cm³/mol. The van der Waals surface area contributed by atoms with Crippen LogP contribution >= 0.6 is 11.3 Å². The van der Waals surface area contributed by atoms with Crippen LogP contribution in [0.4, 0.5) is 5.69 Å². The van der Waals surface area contributed by atoms with E-state index in [4.69, 9.17) is 15.7 Å². The maximum atomic E-state index is 11.8. The molecule has 0 aliphatic rings. The average Bonchev–Trinajstić information content (AvgIpc) is 3.14. The number of carbonyl (C=O) groups excluding carboxylic acids is 1. The van der Waals surface area contributed by atoms with Crippen molar-refractivity contribution in [2.24, 2.45) is 5.73 Å². The van der Waals surface area contributed by atoms with Crippen molar-refractivity contribution in [2.45, 2.75) is 25.3 Å². The number of anilines is 1. The van der Waals surface area contributed by atoms with Gasteiger partial charge >= 0.3 is 0 Å². The standard InChI is InChI=1S/C17H22N2O5S/c18-16(12-23-24-21)17(20)19-13-6-8-14(9-7-13)22-10-2-1-4-15-5-3-11-25-15/h3,5-9,11,16,21H,1-2,4,10,12,18H2,(H,19,20). The minimum atomic E-state index is -0.952. The second-order valence-electron chi connectivity index (χ2n) is 5.36. The van der Waals surface area contributed by atoms with Crippen LogP contribution in [0.2, 0.25) is 0 Å². The first-order valence-electron chi connectivity index (χ1n) is 7.94. The van der Waals surface area contributed by atoms with Crippen molar-refractivity contribution in [2.75, 3.05) is 18.5 Å². The first kappa shape index (κ1) is 19.4. The summed E-state index contributed by atoms with van der Waals surface area (Å²) in [5, 5.41) is 16.2. The molecule has 2 rings (SSSR count). The number of rotatable bonds is 11. The van der Waals surface area contributed by atoms with Gasteiger partial charge in [-0.05, 0) is 55.0 Å². The summed E-state index contributed by atoms with van der Waals surface area (Å²) in [6, 6.07) is 10.3. The van der Waals surface area contributed by atoms with E-state index in [9.17, 15) is 4.79 Å². The Morgan fingerprint density at radius 1 is 1.24 bits per heavy atom. The lowest BCUT2D eigenvalue weighted by Gasteiger charge is -2.11. The number of hydrogen-bond acceptors (Lipinski definition) is 7. The lowest BCUT2D eigenvalue weighted by molar-refractivity contribution is -0.490. The molecule has 0 aliphatic heterocycles. The van der Waals surface area contributed by atoms with Gasteiger partial charge in [-0.15, -0.1) is 11.3 Å². The van der Waals surface area contributed by atoms with E-state index in [1.165, 1.54) is 4.88 Å². The zero-order chi connectivity index (χ0) is 17.9. The van der Waals surface area contributed by atoms with Crippen LogP contribution in [0.3, 0.4) is 0 Å². The molecule has 0 saturated carbocycles. The summed E-state index contributed by atoms with van der Waals surface area (Å²) >= 11 is 1.78. The number of benzene rings is 1. The Hall–Kier alpha value is -1.97. The van der Waals surface area contributed by atoms with E-state index in [-0.39, 0.29) is 6.61 Å². The van der Waals surface area contributed by atoms with Crippen LogP contribution in [0.1, 0.15) is 17.7 Å². The second-order valence-corrected chi connectivity index (χ2v) is 6.40. The molecule has 0 fully saturated rings. The molecular formula is C17H22N2O5S. The van der Waals surface area contributed by atoms with E-state index < -0.39 is 11.9 Å². The Kier molecular flexibility index (Phi) is 8.36. The summed E-state index contributed by atoms with van der Waals surface area (Å²) in [4.78, 5) is 17.4. The van der Waals surface area contributed by atoms with Gasteiger partial charge < -0.3 is 15.8 Å². The highest BCUT2D eigenvalue weighted by Crippen LogP contribution is 2.17. The predicted octanol–water partition coefficient (Wildman–Crippen LogP) is 2.84. The summed E-state index contributed by atoms with van der Waals surface area (Å²) in [5.41, 5.74) is 6.15. The second kappa shape index (κ2) is 10.8. The number of thiophene rings is 1. The minimum absolute atomic E-state index is 0.255. The maximum absolute atomic E-state index is 11.8. The summed E-state index contributed by atoms with van der Waals surface area (Å²) in [5.74, 6) is 0.301. The average molecular weight is 366 g/mol. The molecule has 1 atom stereocenters. The van der Waals surface area contributed by atoms with Crippen molar-refractivity contribution in [3.63, 3.8) is 0 Å². The van der Waals surface area contributed by atoms with Gasteiger partial charge in [0.15, 0.2) is 0 Å². The molecule has 1 heterocycles. The van der Waals surface area contributed by atoms with Crippen molar-refractivity contribution in [1.82, 2.24) is 0 Å². The molecule has 2 aromatic rings. The number of unbranched alkanes of at least 4 members (excludes halogenated alkanes) is 1. The Morgan fingerprint density at radius 3 is 2.72 bits per heavy atom. The third-order valence-corrected chi connectivity index (χ3v) is 4.36. The topological polar surface area (TPSA) is 103 Å². The summed E-state index contributed by atoms with van der Waals surface area (Å²) < 4.78 is 5.69. The van der Waals surface area contributed by atoms with Crippen molar-refractivity contribution in [3.05, 3.63) is 46.7 Å². The number of aryl methyl sites for hydroxylation is 1. The van der Waals surface area contributed by atoms with Gasteiger partial charge in [-0.25, -0.2) is 10.1 Å². The lowest BCUT2D eigenvalue weighted by Crippen LogP contribution is -2.39. The van der Waals surface area contributed by atoms with E-state index in [1.54, 1.807) is 35.6 Å². The van der Waals surface area contributed by atoms with Crippen molar-refractivity contribution >= 4 is 22.9 Å². The van der Waals surface area contributed by atoms with Crippen molar-refractivity contribution in [1.29, 1.82) is 0 Å². The first-order chi connectivity index (χ1) is 12.2. The van der Waals surface area contributed by atoms with E-state index in [0.29, 0.717) is 12.3 Å². The Balaban J connectivity index is 1.66. The van der Waals surface area contributed by atoms with E-state index in [0.717, 1.165) is 25.0 Å². The SMILES string of the molecule is NC(COOO)C(=O)Nc1ccc(OCCCCc2cccs2)cc1. The molecule has 0 spiro atoms. The zero-order valence-corrected chi connectivity index (χ0v) is 14.5. The molecule has 1 aromatic heterocycles. The maximum Gasteiger partial charge on any atom is 0.243 e. The molecule has 4 N–H and O–H groups in total. The molecular weight excluding hydrogens is 344 g/mol. The van der Waals surface area contributed by atoms with Crippen LogP contribution in [-0.2, 0) is 21.1 Å². The Bertz CT molecular complexity index is 618. The quantitative estimate of drug-likeness (QED) is 0.321. The van der Waals surface area contributed by atoms with Gasteiger partial charge in [-0.2, -0.15) is 0 Å². The smallest absolute Gasteiger partial charge is 0.243 e. The summed E-state index contributed by atoms with van der Waals surface area (Å²) in [6.45, 7) is 0.398. The van der Waals surface area contributed by atoms with Crippen LogP contribution in [0.5, 0.6) is 5.75 Å². The van der Waals surface area contributed by atoms with E-state index in [2.05, 4.69) is 32.8 Å². The van der Waals surface area contributed by atoms with E-state index >= 15 is 0 Å². The molecule has 0 bridgehead atoms. The van der Waals surface area contributed by atoms with Crippen LogP contribution in [0, 0.1) is 0 Å². The molecule has 1 amide bonds. The van der Waals surface area contributed by atoms with Crippen molar-refractivity contribution in [3.8, 4) is 5.75 Å². The summed E-state index contributed by atoms with van der Waals surface area (Å²) in [6.07, 6.45) is 3.15. The lowest BCUT2D eigenvalue weighted by atomic mass is 10.2. The number of hydrogen-bond donors (Lipinski definition) is 3. The first-order valence-corrected chi connectivity index (χ1v) is 8.81. The molecule has 1 aromatic carbocycles. The van der Waals surface area contributed by atoms with Gasteiger partial charge in [0, 0.05) is 10.6 Å². The molecule has 0 saturated heterocycles. The van der Waals surface area contributed by atoms with Crippen LogP contribution in [-0.4, -0.2) is 30.4 Å². The molecule has 1 unspecified atom stereocenters. The Morgan fingerprint density at radius 2 is 2.04 bits per heavy atom. The third kappa shape index (κ3) is 7.20. The highest BCUT2D eigenvalue weighted by molar-refractivity contribution is 7.09. The van der Waals surface area contributed by atoms with Gasteiger partial charge in [-0.1, -0.05) is 11.1 Å². The molecule has 136 valence electrons. The van der Waals surface area contributed by atoms with E-state index in [1.807, 2.05) is 0 Å².